The Kier molecular flexibility index (Phi) is 4.04. The van der Waals surface area contributed by atoms with Gasteiger partial charge in [0.2, 0.25) is 5.91 Å². The first kappa shape index (κ1) is 15.9. The predicted octanol–water partition coefficient (Wildman–Crippen LogP) is 2.93. The number of benzene rings is 2. The molecule has 4 heteroatoms. The van der Waals surface area contributed by atoms with Crippen LogP contribution in [0.25, 0.3) is 0 Å². The molecule has 2 aromatic rings. The molecule has 0 saturated heterocycles. The molecule has 4 rings (SSSR count). The molecule has 2 aliphatic rings. The van der Waals surface area contributed by atoms with Crippen LogP contribution in [0.4, 0.5) is 0 Å². The van der Waals surface area contributed by atoms with Crippen LogP contribution in [-0.2, 0) is 35.3 Å². The van der Waals surface area contributed by atoms with E-state index in [1.807, 2.05) is 30.3 Å². The van der Waals surface area contributed by atoms with Crippen molar-refractivity contribution in [3.8, 4) is 0 Å². The summed E-state index contributed by atoms with van der Waals surface area (Å²) in [4.78, 5) is 26.2. The highest BCUT2D eigenvalue weighted by Crippen LogP contribution is 2.31. The van der Waals surface area contributed by atoms with Crippen LogP contribution in [0.3, 0.4) is 0 Å². The van der Waals surface area contributed by atoms with E-state index in [0.717, 1.165) is 29.5 Å². The largest absolute Gasteiger partial charge is 0.479 e. The van der Waals surface area contributed by atoms with E-state index in [0.29, 0.717) is 13.0 Å². The Labute approximate surface area is 147 Å². The van der Waals surface area contributed by atoms with Gasteiger partial charge in [0.25, 0.3) is 0 Å². The van der Waals surface area contributed by atoms with Crippen molar-refractivity contribution in [2.45, 2.75) is 38.1 Å². The van der Waals surface area contributed by atoms with Gasteiger partial charge in [0.15, 0.2) is 6.04 Å². The van der Waals surface area contributed by atoms with E-state index in [9.17, 15) is 14.7 Å². The number of carboxylic acids is 1. The zero-order valence-corrected chi connectivity index (χ0v) is 14.1. The molecule has 0 spiro atoms. The van der Waals surface area contributed by atoms with E-state index in [4.69, 9.17) is 0 Å². The van der Waals surface area contributed by atoms with Crippen LogP contribution in [0, 0.1) is 0 Å². The van der Waals surface area contributed by atoms with Gasteiger partial charge in [-0.15, -0.1) is 0 Å². The summed E-state index contributed by atoms with van der Waals surface area (Å²) in [5.41, 5.74) is 5.46. The summed E-state index contributed by atoms with van der Waals surface area (Å²) < 4.78 is 0. The molecule has 25 heavy (non-hydrogen) atoms. The second-order valence-corrected chi connectivity index (χ2v) is 6.91. The summed E-state index contributed by atoms with van der Waals surface area (Å²) in [5.74, 6) is -1.07. The molecular weight excluding hydrogens is 314 g/mol. The van der Waals surface area contributed by atoms with Crippen molar-refractivity contribution in [1.82, 2.24) is 4.90 Å². The minimum absolute atomic E-state index is 0.111. The Morgan fingerprint density at radius 3 is 2.64 bits per heavy atom. The van der Waals surface area contributed by atoms with Crippen LogP contribution >= 0.6 is 0 Å². The molecule has 0 fully saturated rings. The monoisotopic (exact) mass is 335 g/mol. The van der Waals surface area contributed by atoms with Gasteiger partial charge in [-0.1, -0.05) is 42.5 Å². The lowest BCUT2D eigenvalue weighted by Crippen LogP contribution is -2.44. The summed E-state index contributed by atoms with van der Waals surface area (Å²) in [6.45, 7) is 0.456. The van der Waals surface area contributed by atoms with Crippen LogP contribution in [0.1, 0.15) is 40.3 Å². The predicted molar refractivity (Wildman–Crippen MR) is 94.4 cm³/mol. The van der Waals surface area contributed by atoms with Crippen molar-refractivity contribution in [2.75, 3.05) is 6.54 Å². The van der Waals surface area contributed by atoms with Crippen LogP contribution in [0.5, 0.6) is 0 Å². The first-order valence-electron chi connectivity index (χ1n) is 8.84. The van der Waals surface area contributed by atoms with Gasteiger partial charge in [-0.25, -0.2) is 4.79 Å². The lowest BCUT2D eigenvalue weighted by atomic mass is 9.92. The molecule has 4 nitrogen and oxygen atoms in total. The molecule has 0 aromatic heterocycles. The highest BCUT2D eigenvalue weighted by molar-refractivity contribution is 5.86. The van der Waals surface area contributed by atoms with Crippen LogP contribution < -0.4 is 0 Å². The summed E-state index contributed by atoms with van der Waals surface area (Å²) in [7, 11) is 0. The number of amides is 1. The standard InChI is InChI=1S/C21H21NO3/c23-19(13-14-8-9-15-5-3-6-17(15)12-14)22-11-10-16-4-1-2-7-18(16)20(22)21(24)25/h1-2,4,7-9,12,20H,3,5-6,10-11,13H2,(H,24,25). The van der Waals surface area contributed by atoms with Crippen LogP contribution in [-0.4, -0.2) is 28.4 Å². The SMILES string of the molecule is O=C(O)C1c2ccccc2CCN1C(=O)Cc1ccc2c(c1)CCC2. The fourth-order valence-electron chi connectivity index (χ4n) is 4.11. The van der Waals surface area contributed by atoms with Gasteiger partial charge >= 0.3 is 5.97 Å². The van der Waals surface area contributed by atoms with Crippen molar-refractivity contribution in [2.24, 2.45) is 0 Å². The van der Waals surface area contributed by atoms with Gasteiger partial charge in [0, 0.05) is 6.54 Å². The second-order valence-electron chi connectivity index (χ2n) is 6.91. The van der Waals surface area contributed by atoms with Crippen LogP contribution in [0.15, 0.2) is 42.5 Å². The van der Waals surface area contributed by atoms with E-state index in [2.05, 4.69) is 12.1 Å². The molecule has 0 saturated carbocycles. The summed E-state index contributed by atoms with van der Waals surface area (Å²) in [6.07, 6.45) is 4.34. The van der Waals surface area contributed by atoms with Crippen molar-refractivity contribution in [1.29, 1.82) is 0 Å². The summed E-state index contributed by atoms with van der Waals surface area (Å²) in [5, 5.41) is 9.70. The fraction of sp³-hybridized carbons (Fsp3) is 0.333. The number of aliphatic carboxylic acids is 1. The van der Waals surface area contributed by atoms with E-state index < -0.39 is 12.0 Å². The molecule has 1 heterocycles. The summed E-state index contributed by atoms with van der Waals surface area (Å²) in [6, 6.07) is 12.9. The molecule has 0 radical (unpaired) electrons. The smallest absolute Gasteiger partial charge is 0.331 e. The zero-order valence-electron chi connectivity index (χ0n) is 14.1. The third-order valence-corrected chi connectivity index (χ3v) is 5.36. The molecular formula is C21H21NO3. The average molecular weight is 335 g/mol. The third-order valence-electron chi connectivity index (χ3n) is 5.36. The first-order chi connectivity index (χ1) is 12.1. The lowest BCUT2D eigenvalue weighted by molar-refractivity contribution is -0.151. The Morgan fingerprint density at radius 1 is 1.00 bits per heavy atom. The van der Waals surface area contributed by atoms with E-state index in [-0.39, 0.29) is 12.3 Å². The minimum atomic E-state index is -0.963. The Morgan fingerprint density at radius 2 is 1.80 bits per heavy atom. The van der Waals surface area contributed by atoms with E-state index >= 15 is 0 Å². The maximum atomic E-state index is 12.9. The normalized spacial score (nSPS) is 18.6. The molecule has 1 aliphatic heterocycles. The number of aryl methyl sites for hydroxylation is 2. The van der Waals surface area contributed by atoms with Gasteiger partial charge in [-0.05, 0) is 53.5 Å². The Balaban J connectivity index is 1.58. The Bertz CT molecular complexity index is 843. The van der Waals surface area contributed by atoms with Crippen molar-refractivity contribution >= 4 is 11.9 Å². The third kappa shape index (κ3) is 2.93. The van der Waals surface area contributed by atoms with E-state index in [1.54, 1.807) is 0 Å². The second kappa shape index (κ2) is 6.36. The minimum Gasteiger partial charge on any atom is -0.479 e. The number of nitrogens with zero attached hydrogens (tertiary/aromatic N) is 1. The van der Waals surface area contributed by atoms with Crippen molar-refractivity contribution in [3.63, 3.8) is 0 Å². The topological polar surface area (TPSA) is 57.6 Å². The lowest BCUT2D eigenvalue weighted by Gasteiger charge is -2.35. The molecule has 1 unspecified atom stereocenters. The number of carbonyl (C=O) groups excluding carboxylic acids is 1. The average Bonchev–Trinajstić information content (AvgIpc) is 3.08. The number of rotatable bonds is 3. The van der Waals surface area contributed by atoms with Crippen molar-refractivity contribution in [3.05, 3.63) is 70.3 Å². The molecule has 1 atom stereocenters. The quantitative estimate of drug-likeness (QED) is 0.938. The Hall–Kier alpha value is -2.62. The number of hydrogen-bond donors (Lipinski definition) is 1. The number of fused-ring (bicyclic) bond motifs is 2. The highest BCUT2D eigenvalue weighted by Gasteiger charge is 2.35. The fourth-order valence-corrected chi connectivity index (χ4v) is 4.11. The molecule has 128 valence electrons. The van der Waals surface area contributed by atoms with Gasteiger partial charge in [0.05, 0.1) is 6.42 Å². The molecule has 0 bridgehead atoms. The van der Waals surface area contributed by atoms with Gasteiger partial charge in [0.1, 0.15) is 0 Å². The van der Waals surface area contributed by atoms with Crippen LogP contribution in [0.2, 0.25) is 0 Å². The molecule has 2 aromatic carbocycles. The van der Waals surface area contributed by atoms with Gasteiger partial charge in [-0.2, -0.15) is 0 Å². The molecule has 1 amide bonds. The number of hydrogen-bond acceptors (Lipinski definition) is 2. The molecule has 1 aliphatic carbocycles. The number of carboxylic acid groups (broad SMARTS) is 1. The van der Waals surface area contributed by atoms with Crippen molar-refractivity contribution < 1.29 is 14.7 Å². The number of carbonyl (C=O) groups is 2. The zero-order chi connectivity index (χ0) is 17.4. The highest BCUT2D eigenvalue weighted by atomic mass is 16.4. The van der Waals surface area contributed by atoms with E-state index in [1.165, 1.54) is 22.4 Å². The maximum absolute atomic E-state index is 12.9. The van der Waals surface area contributed by atoms with Gasteiger partial charge in [-0.3, -0.25) is 4.79 Å². The maximum Gasteiger partial charge on any atom is 0.331 e. The molecule has 1 N–H and O–H groups in total. The first-order valence-corrected chi connectivity index (χ1v) is 8.84. The van der Waals surface area contributed by atoms with Gasteiger partial charge < -0.3 is 10.0 Å². The summed E-state index contributed by atoms with van der Waals surface area (Å²) >= 11 is 0.